The van der Waals surface area contributed by atoms with Crippen molar-refractivity contribution < 1.29 is 28.0 Å². The van der Waals surface area contributed by atoms with Gasteiger partial charge in [0.1, 0.15) is 0 Å². The lowest BCUT2D eigenvalue weighted by Crippen LogP contribution is -2.04. The second-order valence-electron chi connectivity index (χ2n) is 2.77. The SMILES string of the molecule is CSc1ccc(SC(O[P+](=O)O)O[P+](=O)O)cc1. The topological polar surface area (TPSA) is 93.1 Å². The number of hydrogen-bond acceptors (Lipinski definition) is 6. The highest BCUT2D eigenvalue weighted by molar-refractivity contribution is 8.00. The minimum atomic E-state index is -2.92. The molecule has 0 aliphatic heterocycles. The first-order valence-electron chi connectivity index (χ1n) is 4.48. The summed E-state index contributed by atoms with van der Waals surface area (Å²) in [6, 6.07) is 7.21. The number of hydrogen-bond donors (Lipinski definition) is 2. The Morgan fingerprint density at radius 3 is 1.89 bits per heavy atom. The summed E-state index contributed by atoms with van der Waals surface area (Å²) in [5.41, 5.74) is -1.31. The van der Waals surface area contributed by atoms with Gasteiger partial charge >= 0.3 is 22.1 Å². The summed E-state index contributed by atoms with van der Waals surface area (Å²) in [7, 11) is -5.83. The van der Waals surface area contributed by atoms with Crippen molar-refractivity contribution in [3.8, 4) is 0 Å². The molecule has 0 spiro atoms. The molecule has 18 heavy (non-hydrogen) atoms. The predicted molar refractivity (Wildman–Crippen MR) is 69.7 cm³/mol. The van der Waals surface area contributed by atoms with Crippen molar-refractivity contribution >= 4 is 40.0 Å². The zero-order valence-electron chi connectivity index (χ0n) is 9.13. The molecule has 0 saturated carbocycles. The second-order valence-corrected chi connectivity index (χ2v) is 6.11. The highest BCUT2D eigenvalue weighted by Crippen LogP contribution is 2.36. The van der Waals surface area contributed by atoms with Crippen LogP contribution in [-0.2, 0) is 18.2 Å². The molecular weight excluding hydrogens is 318 g/mol. The molecule has 10 heteroatoms. The van der Waals surface area contributed by atoms with Gasteiger partial charge in [-0.25, -0.2) is 0 Å². The molecule has 0 aliphatic rings. The van der Waals surface area contributed by atoms with Gasteiger partial charge in [0.05, 0.1) is 0 Å². The fraction of sp³-hybridized carbons (Fsp3) is 0.250. The van der Waals surface area contributed by atoms with Gasteiger partial charge < -0.3 is 0 Å². The van der Waals surface area contributed by atoms with Crippen LogP contribution in [0.15, 0.2) is 34.1 Å². The van der Waals surface area contributed by atoms with E-state index < -0.39 is 22.1 Å². The normalized spacial score (nSPS) is 14.2. The lowest BCUT2D eigenvalue weighted by Gasteiger charge is -2.04. The summed E-state index contributed by atoms with van der Waals surface area (Å²) >= 11 is 2.50. The summed E-state index contributed by atoms with van der Waals surface area (Å²) in [6.45, 7) is 0. The van der Waals surface area contributed by atoms with E-state index >= 15 is 0 Å². The molecule has 2 N–H and O–H groups in total. The largest absolute Gasteiger partial charge is 0.698 e. The first kappa shape index (κ1) is 16.0. The minimum absolute atomic E-state index is 0.687. The Kier molecular flexibility index (Phi) is 7.29. The van der Waals surface area contributed by atoms with Crippen molar-refractivity contribution in [2.24, 2.45) is 0 Å². The zero-order chi connectivity index (χ0) is 13.5. The summed E-state index contributed by atoms with van der Waals surface area (Å²) < 4.78 is 30.0. The molecule has 0 heterocycles. The van der Waals surface area contributed by atoms with E-state index in [-0.39, 0.29) is 0 Å². The van der Waals surface area contributed by atoms with Gasteiger partial charge in [-0.2, -0.15) is 0 Å². The van der Waals surface area contributed by atoms with Crippen LogP contribution in [0, 0.1) is 0 Å². The standard InChI is InChI=1S/C8H8O6P2S2/c1-17-6-2-4-7(5-3-6)18-8(13-15(9)10)14-16(11)12/h2-5,8H,1H3/p+2. The van der Waals surface area contributed by atoms with Gasteiger partial charge in [0.25, 0.3) is 0 Å². The fourth-order valence-electron chi connectivity index (χ4n) is 0.975. The highest BCUT2D eigenvalue weighted by atomic mass is 32.2. The van der Waals surface area contributed by atoms with Crippen LogP contribution in [0.3, 0.4) is 0 Å². The van der Waals surface area contributed by atoms with Crippen molar-refractivity contribution in [1.29, 1.82) is 0 Å². The highest BCUT2D eigenvalue weighted by Gasteiger charge is 2.33. The van der Waals surface area contributed by atoms with Gasteiger partial charge in [-0.3, -0.25) is 0 Å². The molecule has 0 saturated heterocycles. The Balaban J connectivity index is 2.68. The lowest BCUT2D eigenvalue weighted by molar-refractivity contribution is 0.0777. The Bertz CT molecular complexity index is 410. The maximum absolute atomic E-state index is 10.5. The van der Waals surface area contributed by atoms with Gasteiger partial charge in [0.2, 0.25) is 0 Å². The molecule has 0 radical (unpaired) electrons. The van der Waals surface area contributed by atoms with E-state index in [0.717, 1.165) is 16.7 Å². The Hall–Kier alpha value is -0.0400. The second kappa shape index (κ2) is 8.19. The van der Waals surface area contributed by atoms with Crippen LogP contribution < -0.4 is 0 Å². The van der Waals surface area contributed by atoms with Crippen LogP contribution in [0.4, 0.5) is 0 Å². The number of benzene rings is 1. The minimum Gasteiger partial charge on any atom is -0.133 e. The summed E-state index contributed by atoms with van der Waals surface area (Å²) in [5, 5.41) is 0. The molecule has 0 fully saturated rings. The van der Waals surface area contributed by atoms with Crippen molar-refractivity contribution in [3.05, 3.63) is 24.3 Å². The number of rotatable bonds is 7. The van der Waals surface area contributed by atoms with Crippen LogP contribution in [0.2, 0.25) is 0 Å². The molecule has 1 aromatic carbocycles. The van der Waals surface area contributed by atoms with Crippen molar-refractivity contribution in [2.75, 3.05) is 6.26 Å². The van der Waals surface area contributed by atoms with Gasteiger partial charge in [-0.05, 0) is 30.5 Å². The van der Waals surface area contributed by atoms with E-state index in [1.165, 1.54) is 0 Å². The molecule has 0 amide bonds. The maximum Gasteiger partial charge on any atom is 0.698 e. The van der Waals surface area contributed by atoms with Crippen molar-refractivity contribution in [3.63, 3.8) is 0 Å². The monoisotopic (exact) mass is 328 g/mol. The fourth-order valence-corrected chi connectivity index (χ4v) is 3.13. The molecule has 1 aromatic rings. The van der Waals surface area contributed by atoms with E-state index in [4.69, 9.17) is 9.79 Å². The summed E-state index contributed by atoms with van der Waals surface area (Å²) in [5.74, 6) is 0. The average molecular weight is 328 g/mol. The molecule has 1 rings (SSSR count). The van der Waals surface area contributed by atoms with E-state index in [9.17, 15) is 9.13 Å². The number of thioether (sulfide) groups is 2. The van der Waals surface area contributed by atoms with Gasteiger partial charge in [0.15, 0.2) is 0 Å². The quantitative estimate of drug-likeness (QED) is 0.448. The first-order valence-corrected chi connectivity index (χ1v) is 8.84. The van der Waals surface area contributed by atoms with Gasteiger partial charge in [-0.15, -0.1) is 21.5 Å². The van der Waals surface area contributed by atoms with E-state index in [0.29, 0.717) is 4.90 Å². The van der Waals surface area contributed by atoms with Crippen molar-refractivity contribution in [1.82, 2.24) is 0 Å². The summed E-state index contributed by atoms with van der Waals surface area (Å²) in [6.07, 6.45) is 1.93. The van der Waals surface area contributed by atoms with Crippen molar-refractivity contribution in [2.45, 2.75) is 15.4 Å². The molecule has 0 aromatic heterocycles. The predicted octanol–water partition coefficient (Wildman–Crippen LogP) is 3.12. The third-order valence-electron chi connectivity index (χ3n) is 1.64. The van der Waals surface area contributed by atoms with Crippen LogP contribution in [0.25, 0.3) is 0 Å². The third-order valence-corrected chi connectivity index (χ3v) is 4.35. The first-order chi connectivity index (χ1) is 8.51. The van der Waals surface area contributed by atoms with Crippen LogP contribution in [0.5, 0.6) is 0 Å². The smallest absolute Gasteiger partial charge is 0.133 e. The van der Waals surface area contributed by atoms with E-state index in [1.807, 2.05) is 18.4 Å². The molecule has 0 aliphatic carbocycles. The zero-order valence-corrected chi connectivity index (χ0v) is 12.5. The summed E-state index contributed by atoms with van der Waals surface area (Å²) in [4.78, 5) is 19.0. The van der Waals surface area contributed by atoms with Crippen LogP contribution >= 0.6 is 40.0 Å². The molecule has 98 valence electrons. The molecule has 2 atom stereocenters. The molecule has 2 unspecified atom stereocenters. The van der Waals surface area contributed by atoms with E-state index in [2.05, 4.69) is 9.05 Å². The molecule has 0 bridgehead atoms. The average Bonchev–Trinajstić information content (AvgIpc) is 2.28. The Morgan fingerprint density at radius 2 is 1.50 bits per heavy atom. The molecule has 6 nitrogen and oxygen atoms in total. The Morgan fingerprint density at radius 1 is 1.06 bits per heavy atom. The van der Waals surface area contributed by atoms with Gasteiger partial charge in [0, 0.05) is 18.9 Å². The van der Waals surface area contributed by atoms with Gasteiger partial charge in [-0.1, -0.05) is 20.8 Å². The lowest BCUT2D eigenvalue weighted by atomic mass is 10.4. The van der Waals surface area contributed by atoms with Crippen LogP contribution in [-0.4, -0.2) is 21.7 Å². The third kappa shape index (κ3) is 6.22. The van der Waals surface area contributed by atoms with Crippen LogP contribution in [0.1, 0.15) is 0 Å². The molecular formula is C8H10O6P2S2+2. The van der Waals surface area contributed by atoms with E-state index in [1.54, 1.807) is 23.9 Å². The Labute approximate surface area is 114 Å². The maximum atomic E-state index is 10.5.